The number of hydrogen-bond donors (Lipinski definition) is 2. The van der Waals surface area contributed by atoms with E-state index in [1.807, 2.05) is 48.5 Å². The summed E-state index contributed by atoms with van der Waals surface area (Å²) in [5.74, 6) is -0.0598. The molecule has 0 fully saturated rings. The molecule has 2 N–H and O–H groups in total. The molecule has 0 aliphatic heterocycles. The topological polar surface area (TPSA) is 58.6 Å². The van der Waals surface area contributed by atoms with Gasteiger partial charge in [-0.25, -0.2) is 4.79 Å². The van der Waals surface area contributed by atoms with E-state index in [1.165, 1.54) is 0 Å². The molecule has 0 bridgehead atoms. The van der Waals surface area contributed by atoms with Crippen molar-refractivity contribution in [3.05, 3.63) is 65.2 Å². The van der Waals surface area contributed by atoms with Gasteiger partial charge in [0.2, 0.25) is 0 Å². The second-order valence-corrected chi connectivity index (χ2v) is 4.96. The van der Waals surface area contributed by atoms with Crippen LogP contribution in [0.3, 0.4) is 0 Å². The van der Waals surface area contributed by atoms with Gasteiger partial charge >= 0.3 is 5.97 Å². The van der Waals surface area contributed by atoms with E-state index in [1.54, 1.807) is 20.1 Å². The van der Waals surface area contributed by atoms with E-state index in [9.17, 15) is 4.79 Å². The molecule has 0 saturated carbocycles. The number of carboxylic acid groups (broad SMARTS) is 1. The van der Waals surface area contributed by atoms with Crippen LogP contribution in [0.1, 0.15) is 18.1 Å². The van der Waals surface area contributed by atoms with Crippen LogP contribution in [0.4, 0.5) is 5.69 Å². The number of anilines is 1. The average Bonchev–Trinajstić information content (AvgIpc) is 2.54. The molecule has 0 unspecified atom stereocenters. The molecule has 4 nitrogen and oxygen atoms in total. The van der Waals surface area contributed by atoms with Crippen molar-refractivity contribution in [2.75, 3.05) is 12.4 Å². The first-order valence-electron chi connectivity index (χ1n) is 6.97. The molecule has 0 spiro atoms. The number of aliphatic carboxylic acids is 1. The lowest BCUT2D eigenvalue weighted by atomic mass is 10.1. The van der Waals surface area contributed by atoms with Crippen molar-refractivity contribution >= 4 is 30.1 Å². The lowest BCUT2D eigenvalue weighted by Gasteiger charge is -2.08. The van der Waals surface area contributed by atoms with Gasteiger partial charge in [0, 0.05) is 17.8 Å². The third-order valence-electron chi connectivity index (χ3n) is 3.29. The maximum absolute atomic E-state index is 10.8. The number of rotatable bonds is 6. The number of nitrogens with one attached hydrogen (secondary N) is 1. The summed E-state index contributed by atoms with van der Waals surface area (Å²) in [7, 11) is 1.65. The third kappa shape index (κ3) is 5.68. The minimum absolute atomic E-state index is 0. The van der Waals surface area contributed by atoms with E-state index in [4.69, 9.17) is 9.84 Å². The second kappa shape index (κ2) is 8.86. The van der Waals surface area contributed by atoms with Crippen molar-refractivity contribution in [3.8, 4) is 5.75 Å². The first-order valence-corrected chi connectivity index (χ1v) is 6.97. The van der Waals surface area contributed by atoms with Gasteiger partial charge in [-0.1, -0.05) is 24.3 Å². The number of carbonyl (C=O) groups is 1. The standard InChI is InChI=1S/C18H19NO3.ClH/c1-13(18(20)21)11-14-3-7-16(8-4-14)19-12-15-5-9-17(22-2)10-6-15;/h3-11,19H,12H2,1-2H3,(H,20,21);1H/b13-11+;. The quantitative estimate of drug-likeness (QED) is 0.777. The molecule has 5 heteroatoms. The van der Waals surface area contributed by atoms with Gasteiger partial charge in [-0.2, -0.15) is 0 Å². The Balaban J connectivity index is 0.00000264. The summed E-state index contributed by atoms with van der Waals surface area (Å²) < 4.78 is 5.13. The van der Waals surface area contributed by atoms with Crippen molar-refractivity contribution in [1.29, 1.82) is 0 Å². The minimum atomic E-state index is -0.901. The molecule has 0 atom stereocenters. The van der Waals surface area contributed by atoms with E-state index in [0.29, 0.717) is 12.1 Å². The molecule has 2 aromatic carbocycles. The number of carboxylic acids is 1. The molecule has 0 amide bonds. The van der Waals surface area contributed by atoms with Gasteiger partial charge < -0.3 is 15.2 Å². The summed E-state index contributed by atoms with van der Waals surface area (Å²) in [5, 5.41) is 12.2. The maximum atomic E-state index is 10.8. The van der Waals surface area contributed by atoms with Crippen LogP contribution in [0.25, 0.3) is 6.08 Å². The van der Waals surface area contributed by atoms with Crippen LogP contribution in [-0.4, -0.2) is 18.2 Å². The van der Waals surface area contributed by atoms with Crippen LogP contribution in [0.15, 0.2) is 54.1 Å². The van der Waals surface area contributed by atoms with Crippen LogP contribution < -0.4 is 10.1 Å². The molecule has 0 aliphatic carbocycles. The Morgan fingerprint density at radius 3 is 2.26 bits per heavy atom. The molecule has 2 rings (SSSR count). The highest BCUT2D eigenvalue weighted by Gasteiger charge is 2.00. The van der Waals surface area contributed by atoms with Gasteiger partial charge in [0.25, 0.3) is 0 Å². The number of benzene rings is 2. The fraction of sp³-hybridized carbons (Fsp3) is 0.167. The van der Waals surface area contributed by atoms with E-state index < -0.39 is 5.97 Å². The van der Waals surface area contributed by atoms with E-state index in [0.717, 1.165) is 22.6 Å². The molecule has 0 radical (unpaired) electrons. The van der Waals surface area contributed by atoms with Crippen LogP contribution >= 0.6 is 12.4 Å². The normalized spacial score (nSPS) is 10.6. The fourth-order valence-electron chi connectivity index (χ4n) is 1.96. The second-order valence-electron chi connectivity index (χ2n) is 4.96. The molecule has 0 saturated heterocycles. The van der Waals surface area contributed by atoms with E-state index >= 15 is 0 Å². The first-order chi connectivity index (χ1) is 10.6. The van der Waals surface area contributed by atoms with Crippen molar-refractivity contribution in [1.82, 2.24) is 0 Å². The fourth-order valence-corrected chi connectivity index (χ4v) is 1.96. The van der Waals surface area contributed by atoms with Crippen LogP contribution in [0, 0.1) is 0 Å². The minimum Gasteiger partial charge on any atom is -0.497 e. The Morgan fingerprint density at radius 1 is 1.13 bits per heavy atom. The molecular formula is C18H20ClNO3. The summed E-state index contributed by atoms with van der Waals surface area (Å²) in [6.07, 6.45) is 1.65. The Morgan fingerprint density at radius 2 is 1.74 bits per heavy atom. The molecule has 122 valence electrons. The van der Waals surface area contributed by atoms with Gasteiger partial charge in [-0.05, 0) is 48.4 Å². The van der Waals surface area contributed by atoms with Gasteiger partial charge in [0.05, 0.1) is 7.11 Å². The molecule has 0 heterocycles. The summed E-state index contributed by atoms with van der Waals surface area (Å²) in [6, 6.07) is 15.5. The van der Waals surface area contributed by atoms with Gasteiger partial charge in [-0.15, -0.1) is 12.4 Å². The Kier molecular flexibility index (Phi) is 7.16. The zero-order chi connectivity index (χ0) is 15.9. The Hall–Kier alpha value is -2.46. The number of halogens is 1. The SMILES string of the molecule is COc1ccc(CNc2ccc(/C=C(\C)C(=O)O)cc2)cc1.Cl. The predicted molar refractivity (Wildman–Crippen MR) is 95.3 cm³/mol. The van der Waals surface area contributed by atoms with Crippen molar-refractivity contribution < 1.29 is 14.6 Å². The van der Waals surface area contributed by atoms with Crippen molar-refractivity contribution in [2.45, 2.75) is 13.5 Å². The van der Waals surface area contributed by atoms with Gasteiger partial charge in [0.15, 0.2) is 0 Å². The van der Waals surface area contributed by atoms with Crippen LogP contribution in [0.5, 0.6) is 5.75 Å². The summed E-state index contributed by atoms with van der Waals surface area (Å²) >= 11 is 0. The van der Waals surface area contributed by atoms with Crippen molar-refractivity contribution in [2.24, 2.45) is 0 Å². The monoisotopic (exact) mass is 333 g/mol. The lowest BCUT2D eigenvalue weighted by molar-refractivity contribution is -0.132. The number of ether oxygens (including phenoxy) is 1. The largest absolute Gasteiger partial charge is 0.497 e. The summed E-state index contributed by atoms with van der Waals surface area (Å²) in [5.41, 5.74) is 3.33. The molecule has 0 aromatic heterocycles. The zero-order valence-corrected chi connectivity index (χ0v) is 13.9. The predicted octanol–water partition coefficient (Wildman–Crippen LogP) is 4.22. The summed E-state index contributed by atoms with van der Waals surface area (Å²) in [6.45, 7) is 2.30. The third-order valence-corrected chi connectivity index (χ3v) is 3.29. The van der Waals surface area contributed by atoms with E-state index in [2.05, 4.69) is 5.32 Å². The Labute approximate surface area is 142 Å². The maximum Gasteiger partial charge on any atom is 0.331 e. The van der Waals surface area contributed by atoms with E-state index in [-0.39, 0.29) is 12.4 Å². The highest BCUT2D eigenvalue weighted by molar-refractivity contribution is 5.91. The highest BCUT2D eigenvalue weighted by atomic mass is 35.5. The zero-order valence-electron chi connectivity index (χ0n) is 13.1. The van der Waals surface area contributed by atoms with Crippen molar-refractivity contribution in [3.63, 3.8) is 0 Å². The van der Waals surface area contributed by atoms with Gasteiger partial charge in [0.1, 0.15) is 5.75 Å². The lowest BCUT2D eigenvalue weighted by Crippen LogP contribution is -1.99. The smallest absolute Gasteiger partial charge is 0.331 e. The molecule has 0 aliphatic rings. The molecule has 23 heavy (non-hydrogen) atoms. The first kappa shape index (κ1) is 18.6. The van der Waals surface area contributed by atoms with Gasteiger partial charge in [-0.3, -0.25) is 0 Å². The van der Waals surface area contributed by atoms with Crippen LogP contribution in [0.2, 0.25) is 0 Å². The summed E-state index contributed by atoms with van der Waals surface area (Å²) in [4.78, 5) is 10.8. The average molecular weight is 334 g/mol. The molecular weight excluding hydrogens is 314 g/mol. The molecule has 2 aromatic rings. The number of methoxy groups -OCH3 is 1. The highest BCUT2D eigenvalue weighted by Crippen LogP contribution is 2.15. The number of hydrogen-bond acceptors (Lipinski definition) is 3. The van der Waals surface area contributed by atoms with Crippen LogP contribution in [-0.2, 0) is 11.3 Å². The Bertz CT molecular complexity index is 664.